The maximum Gasteiger partial charge on any atom is 0.291 e. The maximum absolute atomic E-state index is 13.4. The molecule has 0 aliphatic rings. The molecule has 34 heavy (non-hydrogen) atoms. The number of furan rings is 2. The van der Waals surface area contributed by atoms with Crippen molar-refractivity contribution in [1.82, 2.24) is 0 Å². The number of hydrogen-bond donors (Lipinski definition) is 1. The van der Waals surface area contributed by atoms with Crippen LogP contribution in [-0.4, -0.2) is 18.8 Å². The normalized spacial score (nSPS) is 11.2. The molecule has 2 heterocycles. The van der Waals surface area contributed by atoms with Crippen LogP contribution >= 0.6 is 15.9 Å². The lowest BCUT2D eigenvalue weighted by Gasteiger charge is -2.07. The molecular weight excluding hydrogens is 498 g/mol. The highest BCUT2D eigenvalue weighted by atomic mass is 79.9. The third-order valence-electron chi connectivity index (χ3n) is 5.75. The predicted molar refractivity (Wildman–Crippen MR) is 134 cm³/mol. The third kappa shape index (κ3) is 3.68. The summed E-state index contributed by atoms with van der Waals surface area (Å²) in [5.74, 6) is 0.00708. The van der Waals surface area contributed by atoms with Gasteiger partial charge in [0.15, 0.2) is 11.5 Å². The van der Waals surface area contributed by atoms with E-state index in [0.717, 1.165) is 16.5 Å². The molecule has 3 aromatic carbocycles. The van der Waals surface area contributed by atoms with E-state index < -0.39 is 5.91 Å². The van der Waals surface area contributed by atoms with E-state index in [4.69, 9.17) is 13.6 Å². The fourth-order valence-electron chi connectivity index (χ4n) is 3.99. The Bertz CT molecular complexity index is 1590. The zero-order valence-electron chi connectivity index (χ0n) is 18.7. The molecule has 0 aliphatic carbocycles. The Morgan fingerprint density at radius 3 is 2.41 bits per heavy atom. The van der Waals surface area contributed by atoms with E-state index in [2.05, 4.69) is 21.2 Å². The quantitative estimate of drug-likeness (QED) is 0.252. The summed E-state index contributed by atoms with van der Waals surface area (Å²) >= 11 is 3.41. The number of aryl methyl sites for hydroxylation is 2. The molecule has 5 aromatic rings. The number of methoxy groups -OCH3 is 1. The number of para-hydroxylation sites is 1. The SMILES string of the molecule is COc1ccc(C(=O)c2oc3ccccc3c2NC(=O)c2oc3cc(C)ccc3c2C)cc1Br. The summed E-state index contributed by atoms with van der Waals surface area (Å²) in [6.07, 6.45) is 0. The van der Waals surface area contributed by atoms with E-state index in [0.29, 0.717) is 38.0 Å². The monoisotopic (exact) mass is 517 g/mol. The van der Waals surface area contributed by atoms with E-state index in [1.54, 1.807) is 43.5 Å². The van der Waals surface area contributed by atoms with Gasteiger partial charge in [-0.1, -0.05) is 24.3 Å². The number of carbonyl (C=O) groups excluding carboxylic acids is 2. The summed E-state index contributed by atoms with van der Waals surface area (Å²) in [5, 5.41) is 4.36. The van der Waals surface area contributed by atoms with E-state index in [9.17, 15) is 9.59 Å². The molecule has 1 amide bonds. The second-order valence-corrected chi connectivity index (χ2v) is 8.85. The Kier molecular flexibility index (Phi) is 5.49. The molecule has 0 atom stereocenters. The van der Waals surface area contributed by atoms with Crippen molar-refractivity contribution in [3.05, 3.63) is 93.3 Å². The zero-order valence-corrected chi connectivity index (χ0v) is 20.3. The fraction of sp³-hybridized carbons (Fsp3) is 0.111. The van der Waals surface area contributed by atoms with Crippen LogP contribution in [0.25, 0.3) is 21.9 Å². The number of hydrogen-bond acceptors (Lipinski definition) is 5. The molecule has 0 bridgehead atoms. The fourth-order valence-corrected chi connectivity index (χ4v) is 4.53. The van der Waals surface area contributed by atoms with E-state index in [1.165, 1.54) is 0 Å². The lowest BCUT2D eigenvalue weighted by Crippen LogP contribution is -2.14. The molecular formula is C27H20BrNO5. The van der Waals surface area contributed by atoms with Crippen LogP contribution in [0.1, 0.15) is 37.8 Å². The largest absolute Gasteiger partial charge is 0.496 e. The predicted octanol–water partition coefficient (Wildman–Crippen LogP) is 7.05. The first-order valence-corrected chi connectivity index (χ1v) is 11.4. The van der Waals surface area contributed by atoms with Crippen molar-refractivity contribution in [2.45, 2.75) is 13.8 Å². The van der Waals surface area contributed by atoms with Gasteiger partial charge in [0.25, 0.3) is 5.91 Å². The number of amides is 1. The minimum Gasteiger partial charge on any atom is -0.496 e. The number of ether oxygens (including phenoxy) is 1. The summed E-state index contributed by atoms with van der Waals surface area (Å²) in [6, 6.07) is 18.0. The van der Waals surface area contributed by atoms with Gasteiger partial charge in [0, 0.05) is 21.9 Å². The van der Waals surface area contributed by atoms with Crippen molar-refractivity contribution >= 4 is 55.2 Å². The van der Waals surface area contributed by atoms with Crippen molar-refractivity contribution in [1.29, 1.82) is 0 Å². The Balaban J connectivity index is 1.58. The van der Waals surface area contributed by atoms with Crippen LogP contribution in [0.3, 0.4) is 0 Å². The van der Waals surface area contributed by atoms with Gasteiger partial charge in [-0.3, -0.25) is 9.59 Å². The van der Waals surface area contributed by atoms with Gasteiger partial charge >= 0.3 is 0 Å². The molecule has 5 rings (SSSR count). The van der Waals surface area contributed by atoms with Crippen molar-refractivity contribution in [2.75, 3.05) is 12.4 Å². The minimum atomic E-state index is -0.456. The topological polar surface area (TPSA) is 81.7 Å². The molecule has 0 saturated carbocycles. The molecule has 0 saturated heterocycles. The van der Waals surface area contributed by atoms with Gasteiger partial charge in [0.05, 0.1) is 17.3 Å². The van der Waals surface area contributed by atoms with Crippen LogP contribution in [0.4, 0.5) is 5.69 Å². The van der Waals surface area contributed by atoms with E-state index in [-0.39, 0.29) is 17.3 Å². The van der Waals surface area contributed by atoms with Crippen LogP contribution < -0.4 is 10.1 Å². The lowest BCUT2D eigenvalue weighted by molar-refractivity contribution is 0.0997. The zero-order chi connectivity index (χ0) is 24.0. The first-order valence-electron chi connectivity index (χ1n) is 10.6. The second kappa shape index (κ2) is 8.50. The molecule has 0 radical (unpaired) electrons. The number of fused-ring (bicyclic) bond motifs is 2. The third-order valence-corrected chi connectivity index (χ3v) is 6.37. The molecule has 2 aromatic heterocycles. The van der Waals surface area contributed by atoms with Gasteiger partial charge in [-0.25, -0.2) is 0 Å². The number of ketones is 1. The molecule has 7 heteroatoms. The van der Waals surface area contributed by atoms with Gasteiger partial charge in [0.2, 0.25) is 5.78 Å². The second-order valence-electron chi connectivity index (χ2n) is 7.99. The van der Waals surface area contributed by atoms with Crippen molar-refractivity contribution in [2.24, 2.45) is 0 Å². The minimum absolute atomic E-state index is 0.0382. The Morgan fingerprint density at radius 1 is 0.882 bits per heavy atom. The van der Waals surface area contributed by atoms with Gasteiger partial charge in [-0.15, -0.1) is 0 Å². The van der Waals surface area contributed by atoms with Crippen LogP contribution in [-0.2, 0) is 0 Å². The summed E-state index contributed by atoms with van der Waals surface area (Å²) in [7, 11) is 1.55. The highest BCUT2D eigenvalue weighted by Gasteiger charge is 2.26. The molecule has 1 N–H and O–H groups in total. The molecule has 0 spiro atoms. The molecule has 170 valence electrons. The molecule has 0 unspecified atom stereocenters. The standard InChI is InChI=1S/C27H20BrNO5/c1-14-8-10-17-15(2)25(34-22(17)12-14)27(31)29-23-18-6-4-5-7-20(18)33-26(23)24(30)16-9-11-21(32-3)19(28)13-16/h4-13H,1-3H3,(H,29,31). The number of anilines is 1. The number of halogens is 1. The summed E-state index contributed by atoms with van der Waals surface area (Å²) in [4.78, 5) is 26.7. The molecule has 6 nitrogen and oxygen atoms in total. The molecule has 0 fully saturated rings. The number of nitrogens with one attached hydrogen (secondary N) is 1. The highest BCUT2D eigenvalue weighted by Crippen LogP contribution is 2.35. The number of rotatable bonds is 5. The average Bonchev–Trinajstić information content (AvgIpc) is 3.36. The first-order chi connectivity index (χ1) is 16.4. The van der Waals surface area contributed by atoms with E-state index >= 15 is 0 Å². The average molecular weight is 518 g/mol. The van der Waals surface area contributed by atoms with Crippen molar-refractivity contribution in [3.63, 3.8) is 0 Å². The Labute approximate surface area is 203 Å². The highest BCUT2D eigenvalue weighted by molar-refractivity contribution is 9.10. The van der Waals surface area contributed by atoms with Gasteiger partial charge in [0.1, 0.15) is 16.9 Å². The van der Waals surface area contributed by atoms with Gasteiger partial charge < -0.3 is 18.9 Å². The summed E-state index contributed by atoms with van der Waals surface area (Å²) in [6.45, 7) is 3.80. The lowest BCUT2D eigenvalue weighted by atomic mass is 10.1. The summed E-state index contributed by atoms with van der Waals surface area (Å²) < 4.78 is 17.7. The van der Waals surface area contributed by atoms with Crippen LogP contribution in [0.15, 0.2) is 74.0 Å². The number of carbonyl (C=O) groups is 2. The number of benzene rings is 3. The van der Waals surface area contributed by atoms with Crippen LogP contribution in [0.2, 0.25) is 0 Å². The van der Waals surface area contributed by atoms with Crippen molar-refractivity contribution in [3.8, 4) is 5.75 Å². The van der Waals surface area contributed by atoms with Crippen LogP contribution in [0.5, 0.6) is 5.75 Å². The molecule has 0 aliphatic heterocycles. The smallest absolute Gasteiger partial charge is 0.291 e. The van der Waals surface area contributed by atoms with Crippen molar-refractivity contribution < 1.29 is 23.2 Å². The maximum atomic E-state index is 13.4. The van der Waals surface area contributed by atoms with Gasteiger partial charge in [-0.2, -0.15) is 0 Å². The van der Waals surface area contributed by atoms with Gasteiger partial charge in [-0.05, 0) is 71.7 Å². The first kappa shape index (κ1) is 22.0. The van der Waals surface area contributed by atoms with E-state index in [1.807, 2.05) is 38.1 Å². The summed E-state index contributed by atoms with van der Waals surface area (Å²) in [5.41, 5.74) is 3.58. The Morgan fingerprint density at radius 2 is 1.65 bits per heavy atom. The van der Waals surface area contributed by atoms with Crippen LogP contribution in [0, 0.1) is 13.8 Å². The Hall–Kier alpha value is -3.84.